The van der Waals surface area contributed by atoms with Crippen molar-refractivity contribution in [2.75, 3.05) is 12.4 Å². The minimum Gasteiger partial charge on any atom is -0.496 e. The number of carbonyl (C=O) groups excluding carboxylic acids is 1. The number of hydrogen-bond acceptors (Lipinski definition) is 5. The summed E-state index contributed by atoms with van der Waals surface area (Å²) in [5.41, 5.74) is 3.80. The van der Waals surface area contributed by atoms with Crippen molar-refractivity contribution in [1.29, 1.82) is 0 Å². The van der Waals surface area contributed by atoms with Crippen LogP contribution in [0.1, 0.15) is 15.9 Å². The van der Waals surface area contributed by atoms with E-state index in [0.29, 0.717) is 11.3 Å². The number of fused-ring (bicyclic) bond motifs is 1. The topological polar surface area (TPSA) is 63.2 Å². The van der Waals surface area contributed by atoms with Crippen molar-refractivity contribution in [2.45, 2.75) is 6.92 Å². The van der Waals surface area contributed by atoms with Crippen molar-refractivity contribution in [2.24, 2.45) is 0 Å². The van der Waals surface area contributed by atoms with Gasteiger partial charge in [0.15, 0.2) is 5.11 Å². The number of anilines is 1. The Labute approximate surface area is 211 Å². The molecule has 5 nitrogen and oxygen atoms in total. The number of aryl methyl sites for hydroxylation is 1. The van der Waals surface area contributed by atoms with Crippen molar-refractivity contribution in [3.63, 3.8) is 0 Å². The Morgan fingerprint density at radius 1 is 1.09 bits per heavy atom. The van der Waals surface area contributed by atoms with Crippen molar-refractivity contribution < 1.29 is 9.53 Å². The Kier molecular flexibility index (Phi) is 6.90. The molecule has 2 N–H and O–H groups in total. The second-order valence-electron chi connectivity index (χ2n) is 6.89. The fraction of sp³-hybridized carbons (Fsp3) is 0.0870. The zero-order valence-corrected chi connectivity index (χ0v) is 21.8. The number of nitrogens with zero attached hydrogens (tertiary/aromatic N) is 1. The third-order valence-electron chi connectivity index (χ3n) is 4.67. The molecule has 0 unspecified atom stereocenters. The summed E-state index contributed by atoms with van der Waals surface area (Å²) in [6.07, 6.45) is 0. The number of aromatic nitrogens is 1. The Balaban J connectivity index is 1.60. The summed E-state index contributed by atoms with van der Waals surface area (Å²) < 4.78 is 8.21. The predicted octanol–water partition coefficient (Wildman–Crippen LogP) is 6.93. The summed E-state index contributed by atoms with van der Waals surface area (Å²) in [5, 5.41) is 6.92. The number of thiocarbonyl (C=S) groups is 1. The van der Waals surface area contributed by atoms with E-state index in [0.717, 1.165) is 41.0 Å². The van der Waals surface area contributed by atoms with Crippen LogP contribution in [0.4, 0.5) is 5.69 Å². The van der Waals surface area contributed by atoms with Crippen LogP contribution >= 0.6 is 55.4 Å². The zero-order chi connectivity index (χ0) is 22.8. The number of rotatable bonds is 4. The minimum absolute atomic E-state index is 0.180. The summed E-state index contributed by atoms with van der Waals surface area (Å²) in [4.78, 5) is 17.6. The lowest BCUT2D eigenvalue weighted by atomic mass is 10.1. The summed E-state index contributed by atoms with van der Waals surface area (Å²) in [7, 11) is 1.54. The molecule has 0 aliphatic rings. The highest BCUT2D eigenvalue weighted by Crippen LogP contribution is 2.36. The molecule has 0 saturated carbocycles. The molecule has 32 heavy (non-hydrogen) atoms. The van der Waals surface area contributed by atoms with Gasteiger partial charge in [0, 0.05) is 14.5 Å². The Hall–Kier alpha value is -2.33. The zero-order valence-electron chi connectivity index (χ0n) is 17.0. The molecule has 0 radical (unpaired) electrons. The molecule has 1 aromatic heterocycles. The number of methoxy groups -OCH3 is 1. The van der Waals surface area contributed by atoms with E-state index < -0.39 is 0 Å². The number of halogens is 2. The molecule has 0 fully saturated rings. The Bertz CT molecular complexity index is 1320. The third-order valence-corrected chi connectivity index (χ3v) is 6.89. The average Bonchev–Trinajstić information content (AvgIpc) is 3.18. The van der Waals surface area contributed by atoms with Crippen LogP contribution in [0.3, 0.4) is 0 Å². The molecule has 1 heterocycles. The lowest BCUT2D eigenvalue weighted by Gasteiger charge is -2.15. The minimum atomic E-state index is -0.359. The SMILES string of the molecule is COc1c(C)cc(Br)cc1C(=O)NC(=S)Nc1ccc(Br)cc1-c1nc2ccccc2s1. The van der Waals surface area contributed by atoms with Gasteiger partial charge in [-0.3, -0.25) is 10.1 Å². The van der Waals surface area contributed by atoms with E-state index in [1.807, 2.05) is 55.5 Å². The van der Waals surface area contributed by atoms with Gasteiger partial charge in [0.25, 0.3) is 5.91 Å². The van der Waals surface area contributed by atoms with E-state index in [2.05, 4.69) is 42.5 Å². The van der Waals surface area contributed by atoms with Gasteiger partial charge >= 0.3 is 0 Å². The molecule has 0 aliphatic heterocycles. The molecule has 0 atom stereocenters. The number of thiazole rings is 1. The summed E-state index contributed by atoms with van der Waals surface area (Å²) in [6.45, 7) is 1.88. The Morgan fingerprint density at radius 3 is 2.62 bits per heavy atom. The highest BCUT2D eigenvalue weighted by Gasteiger charge is 2.18. The first-order valence-electron chi connectivity index (χ1n) is 9.47. The van der Waals surface area contributed by atoms with E-state index in [-0.39, 0.29) is 11.0 Å². The number of carbonyl (C=O) groups is 1. The van der Waals surface area contributed by atoms with Crippen molar-refractivity contribution in [3.8, 4) is 16.3 Å². The van der Waals surface area contributed by atoms with Crippen LogP contribution in [0, 0.1) is 6.92 Å². The monoisotopic (exact) mass is 589 g/mol. The fourth-order valence-electron chi connectivity index (χ4n) is 3.28. The molecule has 4 aromatic rings. The largest absolute Gasteiger partial charge is 0.496 e. The molecule has 0 bridgehead atoms. The van der Waals surface area contributed by atoms with Gasteiger partial charge in [0.2, 0.25) is 0 Å². The lowest BCUT2D eigenvalue weighted by molar-refractivity contribution is 0.0974. The average molecular weight is 591 g/mol. The van der Waals surface area contributed by atoms with Gasteiger partial charge in [-0.1, -0.05) is 44.0 Å². The number of para-hydroxylation sites is 1. The first-order valence-corrected chi connectivity index (χ1v) is 12.3. The third kappa shape index (κ3) is 4.85. The van der Waals surface area contributed by atoms with Gasteiger partial charge in [0.1, 0.15) is 10.8 Å². The molecular weight excluding hydrogens is 574 g/mol. The van der Waals surface area contributed by atoms with Gasteiger partial charge in [-0.2, -0.15) is 0 Å². The lowest BCUT2D eigenvalue weighted by Crippen LogP contribution is -2.34. The maximum absolute atomic E-state index is 12.9. The van der Waals surface area contributed by atoms with Crippen LogP contribution in [0.5, 0.6) is 5.75 Å². The summed E-state index contributed by atoms with van der Waals surface area (Å²) >= 11 is 14.0. The second-order valence-corrected chi connectivity index (χ2v) is 10.2. The number of amides is 1. The van der Waals surface area contributed by atoms with E-state index in [9.17, 15) is 4.79 Å². The van der Waals surface area contributed by atoms with Gasteiger partial charge in [0.05, 0.1) is 28.6 Å². The summed E-state index contributed by atoms with van der Waals surface area (Å²) in [6, 6.07) is 17.4. The first-order chi connectivity index (χ1) is 15.4. The van der Waals surface area contributed by atoms with Gasteiger partial charge < -0.3 is 10.1 Å². The first kappa shape index (κ1) is 22.8. The van der Waals surface area contributed by atoms with Crippen LogP contribution in [0.25, 0.3) is 20.8 Å². The van der Waals surface area contributed by atoms with Crippen LogP contribution < -0.4 is 15.4 Å². The molecule has 3 aromatic carbocycles. The number of nitrogens with one attached hydrogen (secondary N) is 2. The van der Waals surface area contributed by atoms with Crippen LogP contribution in [0.2, 0.25) is 0 Å². The van der Waals surface area contributed by atoms with Crippen molar-refractivity contribution >= 4 is 82.3 Å². The maximum atomic E-state index is 12.9. The van der Waals surface area contributed by atoms with E-state index in [1.165, 1.54) is 7.11 Å². The molecule has 0 spiro atoms. The molecule has 162 valence electrons. The molecule has 0 aliphatic carbocycles. The quantitative estimate of drug-likeness (QED) is 0.252. The van der Waals surface area contributed by atoms with Crippen molar-refractivity contribution in [1.82, 2.24) is 10.3 Å². The number of hydrogen-bond donors (Lipinski definition) is 2. The molecule has 4 rings (SSSR count). The van der Waals surface area contributed by atoms with Gasteiger partial charge in [-0.15, -0.1) is 11.3 Å². The molecule has 0 saturated heterocycles. The standard InChI is InChI=1S/C23H17Br2N3O2S2/c1-12-9-14(25)11-16(20(12)30-2)21(29)28-23(31)27-17-8-7-13(24)10-15(17)22-26-18-5-3-4-6-19(18)32-22/h3-11H,1-2H3,(H2,27,28,29,31). The van der Waals surface area contributed by atoms with Crippen LogP contribution in [-0.2, 0) is 0 Å². The van der Waals surface area contributed by atoms with Gasteiger partial charge in [-0.25, -0.2) is 4.98 Å². The number of ether oxygens (including phenoxy) is 1. The van der Waals surface area contributed by atoms with Crippen molar-refractivity contribution in [3.05, 3.63) is 74.7 Å². The molecule has 1 amide bonds. The van der Waals surface area contributed by atoms with Gasteiger partial charge in [-0.05, 0) is 67.2 Å². The summed E-state index contributed by atoms with van der Waals surface area (Å²) in [5.74, 6) is 0.148. The van der Waals surface area contributed by atoms with Crippen LogP contribution in [0.15, 0.2) is 63.5 Å². The van der Waals surface area contributed by atoms with Crippen LogP contribution in [-0.4, -0.2) is 23.1 Å². The molecular formula is C23H17Br2N3O2S2. The second kappa shape index (κ2) is 9.66. The number of benzene rings is 3. The fourth-order valence-corrected chi connectivity index (χ4v) is 5.42. The highest BCUT2D eigenvalue weighted by atomic mass is 79.9. The molecule has 9 heteroatoms. The van der Waals surface area contributed by atoms with E-state index in [1.54, 1.807) is 17.4 Å². The normalized spacial score (nSPS) is 10.8. The van der Waals surface area contributed by atoms with E-state index in [4.69, 9.17) is 21.9 Å². The highest BCUT2D eigenvalue weighted by molar-refractivity contribution is 9.10. The predicted molar refractivity (Wildman–Crippen MR) is 142 cm³/mol. The Morgan fingerprint density at radius 2 is 1.88 bits per heavy atom. The smallest absolute Gasteiger partial charge is 0.261 e. The van der Waals surface area contributed by atoms with E-state index >= 15 is 0 Å². The maximum Gasteiger partial charge on any atom is 0.261 e.